The fraction of sp³-hybridized carbons (Fsp3) is 0.455. The van der Waals surface area contributed by atoms with Crippen molar-refractivity contribution in [3.63, 3.8) is 0 Å². The molecule has 0 amide bonds. The van der Waals surface area contributed by atoms with Gasteiger partial charge < -0.3 is 5.32 Å². The van der Waals surface area contributed by atoms with Gasteiger partial charge >= 0.3 is 0 Å². The van der Waals surface area contributed by atoms with Gasteiger partial charge in [-0.1, -0.05) is 6.92 Å². The molecular weight excluding hydrogens is 235 g/mol. The van der Waals surface area contributed by atoms with Crippen LogP contribution in [0.1, 0.15) is 18.4 Å². The smallest absolute Gasteiger partial charge is 0.186 e. The van der Waals surface area contributed by atoms with Crippen molar-refractivity contribution in [2.24, 2.45) is 7.05 Å². The zero-order valence-corrected chi connectivity index (χ0v) is 10.4. The third kappa shape index (κ3) is 2.79. The third-order valence-corrected chi connectivity index (χ3v) is 2.48. The lowest BCUT2D eigenvalue weighted by Crippen LogP contribution is -2.11. The number of halogens is 1. The Kier molecular flexibility index (Phi) is 3.81. The van der Waals surface area contributed by atoms with E-state index in [0.29, 0.717) is 25.1 Å². The second-order valence-corrected chi connectivity index (χ2v) is 3.85. The molecule has 2 aromatic rings. The summed E-state index contributed by atoms with van der Waals surface area (Å²) in [5.41, 5.74) is 0.420. The minimum absolute atomic E-state index is 0.234. The van der Waals surface area contributed by atoms with Crippen LogP contribution in [0.2, 0.25) is 0 Å². The molecule has 0 aromatic carbocycles. The van der Waals surface area contributed by atoms with Crippen LogP contribution < -0.4 is 5.32 Å². The first-order valence-electron chi connectivity index (χ1n) is 5.78. The lowest BCUT2D eigenvalue weighted by atomic mass is 10.3. The van der Waals surface area contributed by atoms with Gasteiger partial charge in [0.15, 0.2) is 17.5 Å². The fourth-order valence-electron chi connectivity index (χ4n) is 1.57. The summed E-state index contributed by atoms with van der Waals surface area (Å²) in [5.74, 6) is 0.571. The monoisotopic (exact) mass is 250 g/mol. The number of hydrogen-bond acceptors (Lipinski definition) is 5. The van der Waals surface area contributed by atoms with E-state index in [4.69, 9.17) is 0 Å². The lowest BCUT2D eigenvalue weighted by molar-refractivity contribution is 0.596. The number of hydrogen-bond donors (Lipinski definition) is 1. The zero-order valence-electron chi connectivity index (χ0n) is 10.4. The summed E-state index contributed by atoms with van der Waals surface area (Å²) >= 11 is 0. The summed E-state index contributed by atoms with van der Waals surface area (Å²) in [6.07, 6.45) is 4.16. The lowest BCUT2D eigenvalue weighted by Gasteiger charge is -2.06. The van der Waals surface area contributed by atoms with Gasteiger partial charge in [-0.05, 0) is 6.42 Å². The molecule has 7 heteroatoms. The van der Waals surface area contributed by atoms with E-state index in [1.165, 1.54) is 6.33 Å². The first kappa shape index (κ1) is 12.4. The first-order chi connectivity index (χ1) is 8.70. The quantitative estimate of drug-likeness (QED) is 0.856. The van der Waals surface area contributed by atoms with E-state index in [-0.39, 0.29) is 11.6 Å². The summed E-state index contributed by atoms with van der Waals surface area (Å²) in [6.45, 7) is 2.38. The van der Waals surface area contributed by atoms with Gasteiger partial charge in [-0.15, -0.1) is 0 Å². The maximum Gasteiger partial charge on any atom is 0.186 e. The molecular formula is C11H15FN6. The number of nitrogens with one attached hydrogen (secondary N) is 1. The molecule has 0 atom stereocenters. The molecule has 2 rings (SSSR count). The molecule has 18 heavy (non-hydrogen) atoms. The molecule has 6 nitrogen and oxygen atoms in total. The number of aromatic nitrogens is 5. The van der Waals surface area contributed by atoms with E-state index in [0.717, 1.165) is 5.82 Å². The molecule has 2 aromatic heterocycles. The van der Waals surface area contributed by atoms with Gasteiger partial charge in [0.2, 0.25) is 0 Å². The van der Waals surface area contributed by atoms with Crippen LogP contribution in [0.25, 0.3) is 0 Å². The second-order valence-electron chi connectivity index (χ2n) is 3.85. The van der Waals surface area contributed by atoms with E-state index < -0.39 is 0 Å². The highest BCUT2D eigenvalue weighted by Crippen LogP contribution is 2.12. The molecule has 0 aliphatic rings. The summed E-state index contributed by atoms with van der Waals surface area (Å²) in [7, 11) is 1.81. The van der Waals surface area contributed by atoms with Gasteiger partial charge in [-0.2, -0.15) is 5.10 Å². The number of anilines is 1. The van der Waals surface area contributed by atoms with Gasteiger partial charge in [-0.25, -0.2) is 19.3 Å². The minimum Gasteiger partial charge on any atom is -0.367 e. The SMILES string of the molecule is CCc1ncnc(NCCc2ncn(C)n2)c1F. The Labute approximate surface area is 104 Å². The van der Waals surface area contributed by atoms with Gasteiger partial charge in [0.1, 0.15) is 12.7 Å². The summed E-state index contributed by atoms with van der Waals surface area (Å²) in [5, 5.41) is 7.07. The molecule has 0 fully saturated rings. The van der Waals surface area contributed by atoms with Crippen molar-refractivity contribution in [2.45, 2.75) is 19.8 Å². The Bertz CT molecular complexity index is 524. The van der Waals surface area contributed by atoms with Crippen molar-refractivity contribution < 1.29 is 4.39 Å². The highest BCUT2D eigenvalue weighted by Gasteiger charge is 2.09. The van der Waals surface area contributed by atoms with Crippen LogP contribution in [0.3, 0.4) is 0 Å². The average molecular weight is 250 g/mol. The van der Waals surface area contributed by atoms with E-state index in [2.05, 4.69) is 25.4 Å². The Morgan fingerprint density at radius 2 is 2.17 bits per heavy atom. The van der Waals surface area contributed by atoms with Crippen LogP contribution in [-0.2, 0) is 19.9 Å². The van der Waals surface area contributed by atoms with Gasteiger partial charge in [-0.3, -0.25) is 4.68 Å². The molecule has 0 spiro atoms. The molecule has 0 unspecified atom stereocenters. The van der Waals surface area contributed by atoms with E-state index >= 15 is 0 Å². The third-order valence-electron chi connectivity index (χ3n) is 2.48. The predicted octanol–water partition coefficient (Wildman–Crippen LogP) is 0.961. The topological polar surface area (TPSA) is 68.5 Å². The molecule has 0 bridgehead atoms. The van der Waals surface area contributed by atoms with Crippen molar-refractivity contribution in [3.8, 4) is 0 Å². The maximum absolute atomic E-state index is 13.8. The minimum atomic E-state index is -0.381. The maximum atomic E-state index is 13.8. The highest BCUT2D eigenvalue weighted by molar-refractivity contribution is 5.37. The highest BCUT2D eigenvalue weighted by atomic mass is 19.1. The summed E-state index contributed by atoms with van der Waals surface area (Å²) < 4.78 is 15.4. The van der Waals surface area contributed by atoms with E-state index in [1.807, 2.05) is 14.0 Å². The molecule has 0 aliphatic heterocycles. The molecule has 0 saturated heterocycles. The Balaban J connectivity index is 1.94. The van der Waals surface area contributed by atoms with Crippen LogP contribution in [0.4, 0.5) is 10.2 Å². The Hall–Kier alpha value is -2.05. The zero-order chi connectivity index (χ0) is 13.0. The van der Waals surface area contributed by atoms with Crippen LogP contribution in [-0.4, -0.2) is 31.3 Å². The standard InChI is InChI=1S/C11H15FN6/c1-3-8-10(12)11(15-6-14-8)13-5-4-9-16-7-18(2)17-9/h6-7H,3-5H2,1-2H3,(H,13,14,15). The van der Waals surface area contributed by atoms with Crippen molar-refractivity contribution in [2.75, 3.05) is 11.9 Å². The second kappa shape index (κ2) is 5.52. The van der Waals surface area contributed by atoms with Crippen molar-refractivity contribution in [1.29, 1.82) is 0 Å². The number of nitrogens with zero attached hydrogens (tertiary/aromatic N) is 5. The summed E-state index contributed by atoms with van der Waals surface area (Å²) in [4.78, 5) is 11.8. The van der Waals surface area contributed by atoms with Crippen molar-refractivity contribution >= 4 is 5.82 Å². The predicted molar refractivity (Wildman–Crippen MR) is 64.6 cm³/mol. The molecule has 1 N–H and O–H groups in total. The van der Waals surface area contributed by atoms with Gasteiger partial charge in [0.25, 0.3) is 0 Å². The Morgan fingerprint density at radius 3 is 2.83 bits per heavy atom. The average Bonchev–Trinajstić information content (AvgIpc) is 2.77. The van der Waals surface area contributed by atoms with Crippen LogP contribution in [0.15, 0.2) is 12.7 Å². The largest absolute Gasteiger partial charge is 0.367 e. The molecule has 2 heterocycles. The van der Waals surface area contributed by atoms with Crippen molar-refractivity contribution in [1.82, 2.24) is 24.7 Å². The number of rotatable bonds is 5. The molecule has 0 aliphatic carbocycles. The fourth-order valence-corrected chi connectivity index (χ4v) is 1.57. The van der Waals surface area contributed by atoms with E-state index in [1.54, 1.807) is 11.0 Å². The van der Waals surface area contributed by atoms with Crippen LogP contribution >= 0.6 is 0 Å². The van der Waals surface area contributed by atoms with Crippen LogP contribution in [0, 0.1) is 5.82 Å². The molecule has 96 valence electrons. The van der Waals surface area contributed by atoms with Gasteiger partial charge in [0.05, 0.1) is 5.69 Å². The van der Waals surface area contributed by atoms with Crippen molar-refractivity contribution in [3.05, 3.63) is 30.0 Å². The first-order valence-corrected chi connectivity index (χ1v) is 5.78. The van der Waals surface area contributed by atoms with Crippen LogP contribution in [0.5, 0.6) is 0 Å². The molecule has 0 saturated carbocycles. The summed E-state index contributed by atoms with van der Waals surface area (Å²) in [6, 6.07) is 0. The Morgan fingerprint density at radius 1 is 1.33 bits per heavy atom. The van der Waals surface area contributed by atoms with E-state index in [9.17, 15) is 4.39 Å². The normalized spacial score (nSPS) is 10.6. The number of aryl methyl sites for hydroxylation is 2. The van der Waals surface area contributed by atoms with Gasteiger partial charge in [0, 0.05) is 20.0 Å². The molecule has 0 radical (unpaired) electrons.